The summed E-state index contributed by atoms with van der Waals surface area (Å²) in [5.41, 5.74) is 7.66. The summed E-state index contributed by atoms with van der Waals surface area (Å²) < 4.78 is 5.37. The first-order valence-corrected chi connectivity index (χ1v) is 6.62. The summed E-state index contributed by atoms with van der Waals surface area (Å²) >= 11 is 0. The van der Waals surface area contributed by atoms with Crippen molar-refractivity contribution in [2.24, 2.45) is 5.73 Å². The number of aromatic nitrogens is 1. The number of nitrogens with two attached hydrogens (primary N) is 1. The maximum atomic E-state index is 6.40. The summed E-state index contributed by atoms with van der Waals surface area (Å²) in [5.74, 6) is 0. The van der Waals surface area contributed by atoms with E-state index in [2.05, 4.69) is 29.1 Å². The Bertz CT molecular complexity index is 349. The largest absolute Gasteiger partial charge is 0.381 e. The van der Waals surface area contributed by atoms with Gasteiger partial charge in [0, 0.05) is 44.2 Å². The molecule has 2 rings (SSSR count). The molecule has 4 nitrogen and oxygen atoms in total. The molecule has 0 aliphatic carbocycles. The lowest BCUT2D eigenvalue weighted by Crippen LogP contribution is -2.53. The van der Waals surface area contributed by atoms with Crippen LogP contribution in [0.4, 0.5) is 0 Å². The SMILES string of the molecule is CN(CCc1ccncc1)CC1(N)CCOCC1. The van der Waals surface area contributed by atoms with Crippen LogP contribution in [-0.2, 0) is 11.2 Å². The van der Waals surface area contributed by atoms with Gasteiger partial charge in [-0.25, -0.2) is 0 Å². The van der Waals surface area contributed by atoms with Crippen LogP contribution in [0.2, 0.25) is 0 Å². The van der Waals surface area contributed by atoms with Crippen molar-refractivity contribution in [3.8, 4) is 0 Å². The van der Waals surface area contributed by atoms with Gasteiger partial charge in [0.1, 0.15) is 0 Å². The molecule has 1 fully saturated rings. The standard InChI is InChI=1S/C14H23N3O/c1-17(9-4-13-2-7-16-8-3-13)12-14(15)5-10-18-11-6-14/h2-3,7-8H,4-6,9-12,15H2,1H3. The predicted molar refractivity (Wildman–Crippen MR) is 72.4 cm³/mol. The second kappa shape index (κ2) is 6.27. The van der Waals surface area contributed by atoms with Crippen molar-refractivity contribution in [1.29, 1.82) is 0 Å². The highest BCUT2D eigenvalue weighted by atomic mass is 16.5. The third kappa shape index (κ3) is 4.05. The Morgan fingerprint density at radius 1 is 1.33 bits per heavy atom. The van der Waals surface area contributed by atoms with Gasteiger partial charge in [-0.05, 0) is 44.0 Å². The summed E-state index contributed by atoms with van der Waals surface area (Å²) in [4.78, 5) is 6.35. The minimum atomic E-state index is -0.0642. The Balaban J connectivity index is 1.76. The summed E-state index contributed by atoms with van der Waals surface area (Å²) in [6.45, 7) is 3.58. The zero-order chi connectivity index (χ0) is 12.8. The molecular weight excluding hydrogens is 226 g/mol. The molecule has 0 aromatic carbocycles. The van der Waals surface area contributed by atoms with Gasteiger partial charge in [0.15, 0.2) is 0 Å². The van der Waals surface area contributed by atoms with Crippen molar-refractivity contribution in [1.82, 2.24) is 9.88 Å². The molecule has 4 heteroatoms. The zero-order valence-electron chi connectivity index (χ0n) is 11.1. The van der Waals surface area contributed by atoms with Gasteiger partial charge in [-0.2, -0.15) is 0 Å². The average molecular weight is 249 g/mol. The van der Waals surface area contributed by atoms with Crippen LogP contribution >= 0.6 is 0 Å². The fraction of sp³-hybridized carbons (Fsp3) is 0.643. The van der Waals surface area contributed by atoms with E-state index in [1.165, 1.54) is 5.56 Å². The van der Waals surface area contributed by atoms with E-state index in [1.807, 2.05) is 12.4 Å². The Labute approximate surface area is 109 Å². The van der Waals surface area contributed by atoms with Crippen LogP contribution in [0.5, 0.6) is 0 Å². The van der Waals surface area contributed by atoms with Crippen molar-refractivity contribution in [2.45, 2.75) is 24.8 Å². The van der Waals surface area contributed by atoms with Crippen molar-refractivity contribution < 1.29 is 4.74 Å². The highest BCUT2D eigenvalue weighted by molar-refractivity contribution is 5.09. The molecule has 18 heavy (non-hydrogen) atoms. The summed E-state index contributed by atoms with van der Waals surface area (Å²) in [7, 11) is 2.14. The van der Waals surface area contributed by atoms with Crippen LogP contribution in [0.3, 0.4) is 0 Å². The average Bonchev–Trinajstić information content (AvgIpc) is 2.38. The molecule has 100 valence electrons. The lowest BCUT2D eigenvalue weighted by molar-refractivity contribution is 0.0412. The lowest BCUT2D eigenvalue weighted by atomic mass is 9.91. The summed E-state index contributed by atoms with van der Waals surface area (Å²) in [5, 5.41) is 0. The fourth-order valence-electron chi connectivity index (χ4n) is 2.42. The van der Waals surface area contributed by atoms with Gasteiger partial charge in [-0.1, -0.05) is 0 Å². The Morgan fingerprint density at radius 2 is 2.00 bits per heavy atom. The summed E-state index contributed by atoms with van der Waals surface area (Å²) in [6, 6.07) is 4.14. The van der Waals surface area contributed by atoms with Crippen LogP contribution < -0.4 is 5.73 Å². The molecule has 0 atom stereocenters. The molecule has 1 saturated heterocycles. The van der Waals surface area contributed by atoms with Gasteiger partial charge in [0.2, 0.25) is 0 Å². The third-order valence-corrected chi connectivity index (χ3v) is 3.60. The number of likely N-dealkylation sites (N-methyl/N-ethyl adjacent to an activating group) is 1. The molecular formula is C14H23N3O. The van der Waals surface area contributed by atoms with Crippen LogP contribution in [0.1, 0.15) is 18.4 Å². The molecule has 1 aliphatic heterocycles. The van der Waals surface area contributed by atoms with E-state index in [9.17, 15) is 0 Å². The van der Waals surface area contributed by atoms with Gasteiger partial charge < -0.3 is 15.4 Å². The predicted octanol–water partition coefficient (Wildman–Crippen LogP) is 1.06. The number of pyridine rings is 1. The van der Waals surface area contributed by atoms with Gasteiger partial charge in [0.05, 0.1) is 0 Å². The number of hydrogen-bond acceptors (Lipinski definition) is 4. The molecule has 0 spiro atoms. The van der Waals surface area contributed by atoms with Gasteiger partial charge in [0.25, 0.3) is 0 Å². The maximum Gasteiger partial charge on any atom is 0.0484 e. The Morgan fingerprint density at radius 3 is 2.67 bits per heavy atom. The highest BCUT2D eigenvalue weighted by Gasteiger charge is 2.28. The summed E-state index contributed by atoms with van der Waals surface area (Å²) in [6.07, 6.45) is 6.67. The Hall–Kier alpha value is -0.970. The van der Waals surface area contributed by atoms with Crippen LogP contribution in [0, 0.1) is 0 Å². The maximum absolute atomic E-state index is 6.40. The van der Waals surface area contributed by atoms with Crippen LogP contribution in [0.25, 0.3) is 0 Å². The van der Waals surface area contributed by atoms with Crippen LogP contribution in [-0.4, -0.2) is 48.8 Å². The Kier molecular flexibility index (Phi) is 4.69. The monoisotopic (exact) mass is 249 g/mol. The first-order chi connectivity index (χ1) is 8.68. The molecule has 2 N–H and O–H groups in total. The van der Waals surface area contributed by atoms with E-state index < -0.39 is 0 Å². The zero-order valence-corrected chi connectivity index (χ0v) is 11.1. The van der Waals surface area contributed by atoms with E-state index in [-0.39, 0.29) is 5.54 Å². The molecule has 2 heterocycles. The van der Waals surface area contributed by atoms with Gasteiger partial charge in [-0.15, -0.1) is 0 Å². The molecule has 0 bridgehead atoms. The van der Waals surface area contributed by atoms with E-state index in [4.69, 9.17) is 10.5 Å². The number of nitrogens with zero attached hydrogens (tertiary/aromatic N) is 2. The van der Waals surface area contributed by atoms with Crippen molar-refractivity contribution >= 4 is 0 Å². The van der Waals surface area contributed by atoms with Crippen molar-refractivity contribution in [2.75, 3.05) is 33.4 Å². The highest BCUT2D eigenvalue weighted by Crippen LogP contribution is 2.18. The molecule has 0 radical (unpaired) electrons. The molecule has 0 amide bonds. The van der Waals surface area contributed by atoms with Gasteiger partial charge in [-0.3, -0.25) is 4.98 Å². The van der Waals surface area contributed by atoms with Crippen LogP contribution in [0.15, 0.2) is 24.5 Å². The molecule has 1 aromatic heterocycles. The topological polar surface area (TPSA) is 51.4 Å². The minimum absolute atomic E-state index is 0.0642. The molecule has 0 unspecified atom stereocenters. The smallest absolute Gasteiger partial charge is 0.0484 e. The molecule has 0 saturated carbocycles. The van der Waals surface area contributed by atoms with E-state index in [1.54, 1.807) is 0 Å². The van der Waals surface area contributed by atoms with Gasteiger partial charge >= 0.3 is 0 Å². The number of rotatable bonds is 5. The molecule has 1 aromatic rings. The quantitative estimate of drug-likeness (QED) is 0.848. The van der Waals surface area contributed by atoms with E-state index >= 15 is 0 Å². The van der Waals surface area contributed by atoms with Crippen molar-refractivity contribution in [3.63, 3.8) is 0 Å². The second-order valence-electron chi connectivity index (χ2n) is 5.32. The first-order valence-electron chi connectivity index (χ1n) is 6.62. The van der Waals surface area contributed by atoms with E-state index in [0.29, 0.717) is 0 Å². The lowest BCUT2D eigenvalue weighted by Gasteiger charge is -2.36. The normalized spacial score (nSPS) is 19.1. The third-order valence-electron chi connectivity index (χ3n) is 3.60. The minimum Gasteiger partial charge on any atom is -0.381 e. The van der Waals surface area contributed by atoms with E-state index in [0.717, 1.165) is 45.6 Å². The molecule has 1 aliphatic rings. The first kappa shape index (κ1) is 13.5. The van der Waals surface area contributed by atoms with Crippen molar-refractivity contribution in [3.05, 3.63) is 30.1 Å². The number of ether oxygens (including phenoxy) is 1. The number of hydrogen-bond donors (Lipinski definition) is 1. The fourth-order valence-corrected chi connectivity index (χ4v) is 2.42. The second-order valence-corrected chi connectivity index (χ2v) is 5.32.